The molecule has 1 unspecified atom stereocenters. The van der Waals surface area contributed by atoms with Crippen LogP contribution in [0.3, 0.4) is 0 Å². The van der Waals surface area contributed by atoms with Crippen LogP contribution in [0.4, 0.5) is 13.2 Å². The van der Waals surface area contributed by atoms with Gasteiger partial charge in [-0.25, -0.2) is 4.79 Å². The highest BCUT2D eigenvalue weighted by Crippen LogP contribution is 2.33. The highest BCUT2D eigenvalue weighted by atomic mass is 32.2. The molecule has 1 heterocycles. The number of aromatic carboxylic acids is 1. The number of nitrogens with zero attached hydrogens (tertiary/aromatic N) is 1. The summed E-state index contributed by atoms with van der Waals surface area (Å²) in [5, 5.41) is 8.65. The first-order chi connectivity index (χ1) is 7.77. The van der Waals surface area contributed by atoms with Gasteiger partial charge in [-0.05, 0) is 24.8 Å². The lowest BCUT2D eigenvalue weighted by Gasteiger charge is -2.13. The molecule has 0 saturated carbocycles. The minimum absolute atomic E-state index is 0.108. The Morgan fingerprint density at radius 3 is 2.53 bits per heavy atom. The number of hydrogen-bond acceptors (Lipinski definition) is 3. The molecule has 0 aliphatic rings. The third kappa shape index (κ3) is 3.12. The van der Waals surface area contributed by atoms with E-state index in [2.05, 4.69) is 4.98 Å². The van der Waals surface area contributed by atoms with Gasteiger partial charge in [-0.15, -0.1) is 0 Å². The number of aromatic nitrogens is 1. The second-order valence-corrected chi connectivity index (χ2v) is 4.52. The summed E-state index contributed by atoms with van der Waals surface area (Å²) in [5.41, 5.74) is -1.71. The topological polar surface area (TPSA) is 50.2 Å². The lowest BCUT2D eigenvalue weighted by Crippen LogP contribution is -2.16. The van der Waals surface area contributed by atoms with Crippen LogP contribution in [0.15, 0.2) is 12.3 Å². The van der Waals surface area contributed by atoms with Crippen molar-refractivity contribution in [2.45, 2.75) is 18.3 Å². The van der Waals surface area contributed by atoms with Gasteiger partial charge in [0.15, 0.2) is 5.69 Å². The molecule has 0 aliphatic heterocycles. The number of carboxylic acid groups (broad SMARTS) is 1. The molecular weight excluding hydrogens is 255 g/mol. The van der Waals surface area contributed by atoms with Crippen LogP contribution in [-0.2, 0) is 6.18 Å². The first-order valence-corrected chi connectivity index (χ1v) is 5.89. The monoisotopic (exact) mass is 265 g/mol. The Balaban J connectivity index is 3.32. The van der Waals surface area contributed by atoms with Crippen LogP contribution in [0.5, 0.6) is 0 Å². The Bertz CT molecular complexity index is 434. The molecule has 17 heavy (non-hydrogen) atoms. The predicted molar refractivity (Wildman–Crippen MR) is 58.1 cm³/mol. The number of carbonyl (C=O) groups is 1. The Morgan fingerprint density at radius 1 is 1.53 bits per heavy atom. The van der Waals surface area contributed by atoms with Crippen molar-refractivity contribution in [3.63, 3.8) is 0 Å². The third-order valence-electron chi connectivity index (χ3n) is 2.23. The lowest BCUT2D eigenvalue weighted by atomic mass is 10.1. The first-order valence-electron chi connectivity index (χ1n) is 4.60. The lowest BCUT2D eigenvalue weighted by molar-refractivity contribution is -0.141. The van der Waals surface area contributed by atoms with Gasteiger partial charge in [0.1, 0.15) is 0 Å². The zero-order valence-corrected chi connectivity index (χ0v) is 9.89. The number of pyridine rings is 1. The predicted octanol–water partition coefficient (Wildman–Crippen LogP) is 3.22. The minimum atomic E-state index is -4.76. The standard InChI is InChI=1S/C10H10F3NO2S/c1-5(17-2)6-3-7(9(15)16)8(14-4-6)10(11,12)13/h3-5H,1-2H3,(H,15,16). The second-order valence-electron chi connectivity index (χ2n) is 3.35. The fourth-order valence-corrected chi connectivity index (χ4v) is 1.63. The van der Waals surface area contributed by atoms with Crippen molar-refractivity contribution in [1.29, 1.82) is 0 Å². The van der Waals surface area contributed by atoms with Crippen LogP contribution in [0, 0.1) is 0 Å². The highest BCUT2D eigenvalue weighted by molar-refractivity contribution is 7.98. The Kier molecular flexibility index (Phi) is 4.03. The summed E-state index contributed by atoms with van der Waals surface area (Å²) < 4.78 is 37.5. The molecule has 0 aromatic carbocycles. The largest absolute Gasteiger partial charge is 0.478 e. The van der Waals surface area contributed by atoms with E-state index in [9.17, 15) is 18.0 Å². The number of halogens is 3. The molecule has 0 bridgehead atoms. The van der Waals surface area contributed by atoms with Gasteiger partial charge in [-0.1, -0.05) is 0 Å². The van der Waals surface area contributed by atoms with E-state index in [0.29, 0.717) is 5.56 Å². The van der Waals surface area contributed by atoms with Gasteiger partial charge in [0, 0.05) is 11.4 Å². The third-order valence-corrected chi connectivity index (χ3v) is 3.21. The molecular formula is C10H10F3NO2S. The molecule has 94 valence electrons. The van der Waals surface area contributed by atoms with Crippen molar-refractivity contribution >= 4 is 17.7 Å². The normalized spacial score (nSPS) is 13.5. The van der Waals surface area contributed by atoms with E-state index < -0.39 is 23.4 Å². The first kappa shape index (κ1) is 13.8. The molecule has 0 saturated heterocycles. The average molecular weight is 265 g/mol. The molecule has 7 heteroatoms. The van der Waals surface area contributed by atoms with E-state index in [1.807, 2.05) is 0 Å². The Morgan fingerprint density at radius 2 is 2.12 bits per heavy atom. The summed E-state index contributed by atoms with van der Waals surface area (Å²) in [6.07, 6.45) is -1.91. The molecule has 0 spiro atoms. The van der Waals surface area contributed by atoms with Crippen LogP contribution < -0.4 is 0 Å². The zero-order chi connectivity index (χ0) is 13.2. The van der Waals surface area contributed by atoms with E-state index in [0.717, 1.165) is 12.3 Å². The summed E-state index contributed by atoms with van der Waals surface area (Å²) in [5.74, 6) is -1.63. The summed E-state index contributed by atoms with van der Waals surface area (Å²) in [4.78, 5) is 14.0. The number of rotatable bonds is 3. The fraction of sp³-hybridized carbons (Fsp3) is 0.400. The van der Waals surface area contributed by atoms with E-state index >= 15 is 0 Å². The van der Waals surface area contributed by atoms with Gasteiger partial charge < -0.3 is 5.11 Å². The maximum absolute atomic E-state index is 12.5. The average Bonchev–Trinajstić information content (AvgIpc) is 2.25. The number of hydrogen-bond donors (Lipinski definition) is 1. The van der Waals surface area contributed by atoms with Crippen molar-refractivity contribution in [2.24, 2.45) is 0 Å². The van der Waals surface area contributed by atoms with E-state index in [1.165, 1.54) is 11.8 Å². The van der Waals surface area contributed by atoms with Crippen molar-refractivity contribution < 1.29 is 23.1 Å². The molecule has 1 atom stereocenters. The zero-order valence-electron chi connectivity index (χ0n) is 9.08. The highest BCUT2D eigenvalue weighted by Gasteiger charge is 2.37. The molecule has 1 N–H and O–H groups in total. The number of thioether (sulfide) groups is 1. The van der Waals surface area contributed by atoms with Crippen LogP contribution in [-0.4, -0.2) is 22.3 Å². The van der Waals surface area contributed by atoms with Crippen LogP contribution in [0.1, 0.15) is 33.8 Å². The summed E-state index contributed by atoms with van der Waals surface area (Å²) >= 11 is 1.40. The summed E-state index contributed by atoms with van der Waals surface area (Å²) in [7, 11) is 0. The number of alkyl halides is 3. The molecule has 1 aromatic heterocycles. The van der Waals surface area contributed by atoms with Gasteiger partial charge in [0.2, 0.25) is 0 Å². The molecule has 0 aliphatic carbocycles. The van der Waals surface area contributed by atoms with Crippen molar-refractivity contribution in [2.75, 3.05) is 6.26 Å². The summed E-state index contributed by atoms with van der Waals surface area (Å²) in [6.45, 7) is 1.76. The van der Waals surface area contributed by atoms with Crippen LogP contribution in [0.2, 0.25) is 0 Å². The SMILES string of the molecule is CSC(C)c1cnc(C(F)(F)F)c(C(=O)O)c1. The van der Waals surface area contributed by atoms with Gasteiger partial charge in [-0.2, -0.15) is 24.9 Å². The molecule has 0 radical (unpaired) electrons. The maximum Gasteiger partial charge on any atom is 0.434 e. The van der Waals surface area contributed by atoms with Gasteiger partial charge in [0.25, 0.3) is 0 Å². The van der Waals surface area contributed by atoms with Crippen molar-refractivity contribution in [3.8, 4) is 0 Å². The summed E-state index contributed by atoms with van der Waals surface area (Å²) in [6, 6.07) is 1.03. The Hall–Kier alpha value is -1.24. The second kappa shape index (κ2) is 4.95. The van der Waals surface area contributed by atoms with E-state index in [4.69, 9.17) is 5.11 Å². The van der Waals surface area contributed by atoms with Gasteiger partial charge in [-0.3, -0.25) is 4.98 Å². The minimum Gasteiger partial charge on any atom is -0.478 e. The smallest absolute Gasteiger partial charge is 0.434 e. The maximum atomic E-state index is 12.5. The Labute approximate surface area is 100 Å². The fourth-order valence-electron chi connectivity index (χ4n) is 1.23. The molecule has 0 amide bonds. The molecule has 1 aromatic rings. The van der Waals surface area contributed by atoms with E-state index in [-0.39, 0.29) is 5.25 Å². The van der Waals surface area contributed by atoms with Crippen molar-refractivity contribution in [1.82, 2.24) is 4.98 Å². The van der Waals surface area contributed by atoms with Crippen LogP contribution >= 0.6 is 11.8 Å². The van der Waals surface area contributed by atoms with Gasteiger partial charge in [0.05, 0.1) is 5.56 Å². The molecule has 3 nitrogen and oxygen atoms in total. The quantitative estimate of drug-likeness (QED) is 0.911. The van der Waals surface area contributed by atoms with Gasteiger partial charge >= 0.3 is 12.1 Å². The van der Waals surface area contributed by atoms with Crippen LogP contribution in [0.25, 0.3) is 0 Å². The van der Waals surface area contributed by atoms with Crippen molar-refractivity contribution in [3.05, 3.63) is 29.1 Å². The molecule has 1 rings (SSSR count). The van der Waals surface area contributed by atoms with E-state index in [1.54, 1.807) is 13.2 Å². The number of carboxylic acids is 1. The molecule has 0 fully saturated rings.